The van der Waals surface area contributed by atoms with E-state index in [0.29, 0.717) is 29.5 Å². The van der Waals surface area contributed by atoms with Gasteiger partial charge in [-0.25, -0.2) is 14.3 Å². The van der Waals surface area contributed by atoms with Gasteiger partial charge in [-0.2, -0.15) is 5.10 Å². The van der Waals surface area contributed by atoms with Crippen LogP contribution in [0.5, 0.6) is 5.75 Å². The number of aromatic nitrogens is 5. The van der Waals surface area contributed by atoms with E-state index in [-0.39, 0.29) is 24.2 Å². The summed E-state index contributed by atoms with van der Waals surface area (Å²) in [6.07, 6.45) is 3.49. The lowest BCUT2D eigenvalue weighted by Crippen LogP contribution is -2.27. The maximum atomic E-state index is 12.9. The van der Waals surface area contributed by atoms with Gasteiger partial charge in [0.2, 0.25) is 0 Å². The Labute approximate surface area is 219 Å². The summed E-state index contributed by atoms with van der Waals surface area (Å²) < 4.78 is 13.4. The SMILES string of the molecule is CCOC(=O)c1cc(Nc2cc(N(C)Cc3ccc(OC)cc3)c3ncc(C(=O)NC4CC4)n3n2)n(C)n1. The number of anilines is 3. The summed E-state index contributed by atoms with van der Waals surface area (Å²) in [6, 6.07) is 11.5. The minimum atomic E-state index is -0.506. The van der Waals surface area contributed by atoms with Crippen molar-refractivity contribution >= 4 is 34.8 Å². The first-order valence-corrected chi connectivity index (χ1v) is 12.4. The monoisotopic (exact) mass is 518 g/mol. The number of benzene rings is 1. The first-order valence-electron chi connectivity index (χ1n) is 12.4. The molecule has 2 N–H and O–H groups in total. The summed E-state index contributed by atoms with van der Waals surface area (Å²) in [4.78, 5) is 31.7. The first-order chi connectivity index (χ1) is 18.4. The Morgan fingerprint density at radius 3 is 2.61 bits per heavy atom. The normalized spacial score (nSPS) is 12.8. The number of methoxy groups -OCH3 is 1. The van der Waals surface area contributed by atoms with Gasteiger partial charge in [0.15, 0.2) is 22.9 Å². The number of hydrogen-bond donors (Lipinski definition) is 2. The van der Waals surface area contributed by atoms with Gasteiger partial charge in [0.05, 0.1) is 25.6 Å². The fourth-order valence-corrected chi connectivity index (χ4v) is 4.05. The average Bonchev–Trinajstić information content (AvgIpc) is 3.49. The van der Waals surface area contributed by atoms with Crippen LogP contribution in [0.4, 0.5) is 17.3 Å². The van der Waals surface area contributed by atoms with Crippen LogP contribution >= 0.6 is 0 Å². The number of aryl methyl sites for hydroxylation is 1. The molecule has 0 aliphatic heterocycles. The molecule has 12 nitrogen and oxygen atoms in total. The second-order valence-electron chi connectivity index (χ2n) is 9.13. The average molecular weight is 519 g/mol. The van der Waals surface area contributed by atoms with Crippen LogP contribution in [-0.4, -0.2) is 63.1 Å². The summed E-state index contributed by atoms with van der Waals surface area (Å²) in [5.41, 5.74) is 2.90. The smallest absolute Gasteiger partial charge is 0.358 e. The van der Waals surface area contributed by atoms with Gasteiger partial charge in [-0.05, 0) is 37.5 Å². The minimum absolute atomic E-state index is 0.182. The number of hydrogen-bond acceptors (Lipinski definition) is 9. The van der Waals surface area contributed by atoms with Crippen LogP contribution in [-0.2, 0) is 18.3 Å². The van der Waals surface area contributed by atoms with Gasteiger partial charge in [-0.3, -0.25) is 9.48 Å². The van der Waals surface area contributed by atoms with Crippen molar-refractivity contribution in [1.82, 2.24) is 29.7 Å². The lowest BCUT2D eigenvalue weighted by Gasteiger charge is -2.21. The van der Waals surface area contributed by atoms with Crippen molar-refractivity contribution in [3.8, 4) is 5.75 Å². The summed E-state index contributed by atoms with van der Waals surface area (Å²) >= 11 is 0. The zero-order chi connectivity index (χ0) is 26.8. The van der Waals surface area contributed by atoms with Crippen molar-refractivity contribution in [2.45, 2.75) is 32.4 Å². The molecule has 3 aromatic heterocycles. The van der Waals surface area contributed by atoms with Crippen LogP contribution in [0.3, 0.4) is 0 Å². The standard InChI is InChI=1S/C26H30N8O4/c1-5-38-26(36)19-12-23(33(3)30-19)29-22-13-20(32(2)15-16-6-10-18(37-4)11-7-16)24-27-14-21(34(24)31-22)25(35)28-17-8-9-17/h6-7,10-14,17H,5,8-9,15H2,1-4H3,(H,28,35)(H,29,31). The Morgan fingerprint density at radius 2 is 1.92 bits per heavy atom. The van der Waals surface area contributed by atoms with Crippen molar-refractivity contribution in [3.63, 3.8) is 0 Å². The number of ether oxygens (including phenoxy) is 2. The van der Waals surface area contributed by atoms with Crippen molar-refractivity contribution in [1.29, 1.82) is 0 Å². The molecule has 3 heterocycles. The zero-order valence-corrected chi connectivity index (χ0v) is 21.8. The van der Waals surface area contributed by atoms with E-state index in [2.05, 4.69) is 25.8 Å². The molecule has 0 unspecified atom stereocenters. The predicted molar refractivity (Wildman–Crippen MR) is 141 cm³/mol. The highest BCUT2D eigenvalue weighted by Gasteiger charge is 2.26. The van der Waals surface area contributed by atoms with Gasteiger partial charge in [0.25, 0.3) is 5.91 Å². The van der Waals surface area contributed by atoms with Crippen molar-refractivity contribution in [2.75, 3.05) is 31.0 Å². The number of carbonyl (C=O) groups excluding carboxylic acids is 2. The van der Waals surface area contributed by atoms with Gasteiger partial charge in [0.1, 0.15) is 11.6 Å². The molecule has 1 aliphatic carbocycles. The summed E-state index contributed by atoms with van der Waals surface area (Å²) in [6.45, 7) is 2.58. The molecule has 1 aromatic carbocycles. The molecular formula is C26H30N8O4. The Hall–Kier alpha value is -4.61. The molecule has 1 amide bonds. The number of rotatable bonds is 10. The molecule has 0 bridgehead atoms. The predicted octanol–water partition coefficient (Wildman–Crippen LogP) is 2.92. The lowest BCUT2D eigenvalue weighted by atomic mass is 10.2. The summed E-state index contributed by atoms with van der Waals surface area (Å²) in [7, 11) is 5.30. The fraction of sp³-hybridized carbons (Fsp3) is 0.346. The molecule has 1 saturated carbocycles. The molecule has 0 spiro atoms. The van der Waals surface area contributed by atoms with E-state index >= 15 is 0 Å². The second kappa shape index (κ2) is 10.4. The minimum Gasteiger partial charge on any atom is -0.497 e. The van der Waals surface area contributed by atoms with Crippen LogP contribution in [0, 0.1) is 0 Å². The molecule has 1 fully saturated rings. The number of nitrogens with one attached hydrogen (secondary N) is 2. The van der Waals surface area contributed by atoms with Crippen LogP contribution in [0.2, 0.25) is 0 Å². The highest BCUT2D eigenvalue weighted by atomic mass is 16.5. The fourth-order valence-electron chi connectivity index (χ4n) is 4.05. The molecule has 5 rings (SSSR count). The largest absolute Gasteiger partial charge is 0.497 e. The third-order valence-corrected chi connectivity index (χ3v) is 6.20. The molecule has 198 valence electrons. The quantitative estimate of drug-likeness (QED) is 0.305. The molecule has 4 aromatic rings. The van der Waals surface area contributed by atoms with Crippen LogP contribution in [0.15, 0.2) is 42.6 Å². The third-order valence-electron chi connectivity index (χ3n) is 6.20. The topological polar surface area (TPSA) is 128 Å². The highest BCUT2D eigenvalue weighted by molar-refractivity contribution is 5.94. The van der Waals surface area contributed by atoms with Crippen LogP contribution < -0.4 is 20.3 Å². The van der Waals surface area contributed by atoms with Crippen molar-refractivity contribution < 1.29 is 19.1 Å². The van der Waals surface area contributed by atoms with Gasteiger partial charge in [0, 0.05) is 38.8 Å². The highest BCUT2D eigenvalue weighted by Crippen LogP contribution is 2.28. The molecule has 1 aliphatic rings. The van der Waals surface area contributed by atoms with E-state index in [4.69, 9.17) is 9.47 Å². The number of esters is 1. The number of amides is 1. The summed E-state index contributed by atoms with van der Waals surface area (Å²) in [5.74, 6) is 1.04. The maximum absolute atomic E-state index is 12.9. The molecule has 38 heavy (non-hydrogen) atoms. The maximum Gasteiger partial charge on any atom is 0.358 e. The molecule has 0 atom stereocenters. The number of imidazole rings is 1. The van der Waals surface area contributed by atoms with E-state index in [1.807, 2.05) is 42.3 Å². The van der Waals surface area contributed by atoms with Gasteiger partial charge >= 0.3 is 5.97 Å². The molecular weight excluding hydrogens is 488 g/mol. The number of fused-ring (bicyclic) bond motifs is 1. The number of carbonyl (C=O) groups is 2. The summed E-state index contributed by atoms with van der Waals surface area (Å²) in [5, 5.41) is 15.1. The van der Waals surface area contributed by atoms with Crippen LogP contribution in [0.1, 0.15) is 46.3 Å². The van der Waals surface area contributed by atoms with Crippen molar-refractivity contribution in [2.24, 2.45) is 7.05 Å². The van der Waals surface area contributed by atoms with Gasteiger partial charge < -0.3 is 25.0 Å². The van der Waals surface area contributed by atoms with E-state index in [0.717, 1.165) is 29.8 Å². The Bertz CT molecular complexity index is 1470. The van der Waals surface area contributed by atoms with Gasteiger partial charge in [-0.1, -0.05) is 12.1 Å². The van der Waals surface area contributed by atoms with E-state index in [1.54, 1.807) is 31.7 Å². The van der Waals surface area contributed by atoms with E-state index < -0.39 is 5.97 Å². The second-order valence-corrected chi connectivity index (χ2v) is 9.13. The Morgan fingerprint density at radius 1 is 1.16 bits per heavy atom. The van der Waals surface area contributed by atoms with E-state index in [9.17, 15) is 9.59 Å². The lowest BCUT2D eigenvalue weighted by molar-refractivity contribution is 0.0518. The Kier molecular flexibility index (Phi) is 6.86. The number of nitrogens with zero attached hydrogens (tertiary/aromatic N) is 6. The van der Waals surface area contributed by atoms with Gasteiger partial charge in [-0.15, -0.1) is 5.10 Å². The molecule has 0 saturated heterocycles. The van der Waals surface area contributed by atoms with Crippen LogP contribution in [0.25, 0.3) is 5.65 Å². The first kappa shape index (κ1) is 25.1. The third kappa shape index (κ3) is 5.24. The zero-order valence-electron chi connectivity index (χ0n) is 21.8. The molecule has 0 radical (unpaired) electrons. The Balaban J connectivity index is 1.51. The van der Waals surface area contributed by atoms with E-state index in [1.165, 1.54) is 10.9 Å². The molecule has 12 heteroatoms. The van der Waals surface area contributed by atoms with Crippen molar-refractivity contribution in [3.05, 3.63) is 59.5 Å².